The third kappa shape index (κ3) is 6.36. The summed E-state index contributed by atoms with van der Waals surface area (Å²) in [6.45, 7) is 8.64. The van der Waals surface area contributed by atoms with Gasteiger partial charge >= 0.3 is 0 Å². The predicted octanol–water partition coefficient (Wildman–Crippen LogP) is 1.69. The lowest BCUT2D eigenvalue weighted by atomic mass is 10.1. The number of rotatable bonds is 6. The van der Waals surface area contributed by atoms with Gasteiger partial charge < -0.3 is 11.5 Å². The zero-order valence-electron chi connectivity index (χ0n) is 9.29. The molecule has 0 aliphatic heterocycles. The van der Waals surface area contributed by atoms with Crippen molar-refractivity contribution in [2.24, 2.45) is 23.3 Å². The van der Waals surface area contributed by atoms with Gasteiger partial charge in [-0.15, -0.1) is 0 Å². The van der Waals surface area contributed by atoms with Crippen molar-refractivity contribution in [1.29, 1.82) is 0 Å². The van der Waals surface area contributed by atoms with Crippen LogP contribution in [0.3, 0.4) is 0 Å². The number of hydrogen-bond acceptors (Lipinski definition) is 3. The van der Waals surface area contributed by atoms with Crippen molar-refractivity contribution in [3.05, 3.63) is 0 Å². The molecule has 0 amide bonds. The van der Waals surface area contributed by atoms with Gasteiger partial charge in [0.1, 0.15) is 0 Å². The highest BCUT2D eigenvalue weighted by molar-refractivity contribution is 7.99. The summed E-state index contributed by atoms with van der Waals surface area (Å²) >= 11 is 1.88. The quantitative estimate of drug-likeness (QED) is 0.692. The van der Waals surface area contributed by atoms with Crippen molar-refractivity contribution in [2.45, 2.75) is 39.8 Å². The number of thioether (sulfide) groups is 1. The van der Waals surface area contributed by atoms with E-state index in [4.69, 9.17) is 11.5 Å². The van der Waals surface area contributed by atoms with Crippen LogP contribution in [0.1, 0.15) is 27.7 Å². The summed E-state index contributed by atoms with van der Waals surface area (Å²) in [4.78, 5) is 0. The van der Waals surface area contributed by atoms with Gasteiger partial charge in [-0.25, -0.2) is 0 Å². The van der Waals surface area contributed by atoms with E-state index in [2.05, 4.69) is 27.7 Å². The second-order valence-electron chi connectivity index (χ2n) is 4.35. The molecule has 0 rings (SSSR count). The molecule has 0 saturated heterocycles. The van der Waals surface area contributed by atoms with Crippen LogP contribution in [-0.2, 0) is 0 Å². The van der Waals surface area contributed by atoms with E-state index in [0.717, 1.165) is 11.5 Å². The average Bonchev–Trinajstić information content (AvgIpc) is 2.03. The summed E-state index contributed by atoms with van der Waals surface area (Å²) in [7, 11) is 0. The topological polar surface area (TPSA) is 52.0 Å². The Morgan fingerprint density at radius 1 is 0.846 bits per heavy atom. The highest BCUT2D eigenvalue weighted by atomic mass is 32.2. The maximum atomic E-state index is 5.92. The first-order valence-electron chi connectivity index (χ1n) is 5.04. The summed E-state index contributed by atoms with van der Waals surface area (Å²) in [5.41, 5.74) is 11.8. The van der Waals surface area contributed by atoms with Crippen LogP contribution in [0.15, 0.2) is 0 Å². The third-order valence-electron chi connectivity index (χ3n) is 2.33. The largest absolute Gasteiger partial charge is 0.327 e. The molecule has 0 fully saturated rings. The van der Waals surface area contributed by atoms with E-state index in [1.54, 1.807) is 0 Å². The predicted molar refractivity (Wildman–Crippen MR) is 63.0 cm³/mol. The van der Waals surface area contributed by atoms with Gasteiger partial charge in [0.15, 0.2) is 0 Å². The molecule has 2 nitrogen and oxygen atoms in total. The van der Waals surface area contributed by atoms with Crippen molar-refractivity contribution < 1.29 is 0 Å². The Balaban J connectivity index is 3.45. The molecule has 0 heterocycles. The Hall–Kier alpha value is 0.270. The summed E-state index contributed by atoms with van der Waals surface area (Å²) in [6.07, 6.45) is 0. The van der Waals surface area contributed by atoms with E-state index >= 15 is 0 Å². The molecule has 2 atom stereocenters. The first-order chi connectivity index (χ1) is 5.95. The highest BCUT2D eigenvalue weighted by Crippen LogP contribution is 2.11. The molecular formula is C10H24N2S. The molecule has 0 spiro atoms. The van der Waals surface area contributed by atoms with Gasteiger partial charge in [0.2, 0.25) is 0 Å². The molecular weight excluding hydrogens is 180 g/mol. The van der Waals surface area contributed by atoms with Crippen LogP contribution in [0.25, 0.3) is 0 Å². The van der Waals surface area contributed by atoms with Crippen LogP contribution in [0.4, 0.5) is 0 Å². The zero-order chi connectivity index (χ0) is 10.4. The normalized spacial score (nSPS) is 16.6. The minimum atomic E-state index is 0.310. The van der Waals surface area contributed by atoms with Gasteiger partial charge in [-0.2, -0.15) is 11.8 Å². The first-order valence-corrected chi connectivity index (χ1v) is 6.19. The maximum Gasteiger partial charge on any atom is 0.0153 e. The van der Waals surface area contributed by atoms with Gasteiger partial charge in [-0.3, -0.25) is 0 Å². The minimum Gasteiger partial charge on any atom is -0.327 e. The lowest BCUT2D eigenvalue weighted by Gasteiger charge is -2.18. The van der Waals surface area contributed by atoms with Gasteiger partial charge in [-0.05, 0) is 11.8 Å². The van der Waals surface area contributed by atoms with Crippen LogP contribution in [0, 0.1) is 11.8 Å². The summed E-state index contributed by atoms with van der Waals surface area (Å²) < 4.78 is 0. The van der Waals surface area contributed by atoms with E-state index in [9.17, 15) is 0 Å². The Kier molecular flexibility index (Phi) is 6.82. The molecule has 4 N–H and O–H groups in total. The molecule has 0 radical (unpaired) electrons. The van der Waals surface area contributed by atoms with Crippen LogP contribution in [0.5, 0.6) is 0 Å². The number of hydrogen-bond donors (Lipinski definition) is 2. The maximum absolute atomic E-state index is 5.92. The summed E-state index contributed by atoms with van der Waals surface area (Å²) in [5, 5.41) is 0. The Morgan fingerprint density at radius 2 is 1.15 bits per heavy atom. The molecule has 0 aliphatic rings. The van der Waals surface area contributed by atoms with E-state index in [1.165, 1.54) is 0 Å². The van der Waals surface area contributed by atoms with Crippen molar-refractivity contribution in [3.63, 3.8) is 0 Å². The monoisotopic (exact) mass is 204 g/mol. The molecule has 13 heavy (non-hydrogen) atoms. The third-order valence-corrected chi connectivity index (χ3v) is 3.57. The van der Waals surface area contributed by atoms with Crippen LogP contribution >= 0.6 is 11.8 Å². The Bertz CT molecular complexity index is 112. The lowest BCUT2D eigenvalue weighted by molar-refractivity contribution is 0.526. The summed E-state index contributed by atoms with van der Waals surface area (Å²) in [5.74, 6) is 3.20. The fourth-order valence-corrected chi connectivity index (χ4v) is 2.18. The summed E-state index contributed by atoms with van der Waals surface area (Å²) in [6, 6.07) is 0.619. The second-order valence-corrected chi connectivity index (χ2v) is 5.43. The molecule has 0 unspecified atom stereocenters. The fourth-order valence-electron chi connectivity index (χ4n) is 0.725. The van der Waals surface area contributed by atoms with E-state index in [0.29, 0.717) is 23.9 Å². The van der Waals surface area contributed by atoms with Crippen molar-refractivity contribution >= 4 is 11.8 Å². The molecule has 0 bridgehead atoms. The smallest absolute Gasteiger partial charge is 0.0153 e. The minimum absolute atomic E-state index is 0.310. The van der Waals surface area contributed by atoms with E-state index < -0.39 is 0 Å². The van der Waals surface area contributed by atoms with E-state index in [-0.39, 0.29) is 0 Å². The van der Waals surface area contributed by atoms with Crippen LogP contribution in [-0.4, -0.2) is 23.6 Å². The second kappa shape index (κ2) is 6.68. The standard InChI is InChI=1S/C10H24N2S/c1-7(2)9(11)5-13-6-10(12)8(3)4/h7-10H,5-6,11-12H2,1-4H3/t9-,10-/m1/s1. The molecule has 80 valence electrons. The molecule has 0 aliphatic carbocycles. The van der Waals surface area contributed by atoms with Crippen molar-refractivity contribution in [1.82, 2.24) is 0 Å². The highest BCUT2D eigenvalue weighted by Gasteiger charge is 2.10. The Morgan fingerprint density at radius 3 is 1.38 bits per heavy atom. The molecule has 3 heteroatoms. The van der Waals surface area contributed by atoms with Gasteiger partial charge in [0, 0.05) is 23.6 Å². The fraction of sp³-hybridized carbons (Fsp3) is 1.00. The Labute approximate surface area is 86.8 Å². The molecule has 0 aromatic heterocycles. The van der Waals surface area contributed by atoms with Gasteiger partial charge in [0.05, 0.1) is 0 Å². The van der Waals surface area contributed by atoms with Crippen molar-refractivity contribution in [2.75, 3.05) is 11.5 Å². The van der Waals surface area contributed by atoms with Crippen LogP contribution < -0.4 is 11.5 Å². The molecule has 0 saturated carbocycles. The average molecular weight is 204 g/mol. The molecule has 0 aromatic rings. The van der Waals surface area contributed by atoms with Gasteiger partial charge in [-0.1, -0.05) is 27.7 Å². The SMILES string of the molecule is CC(C)[C@H](N)CSC[C@@H](N)C(C)C. The number of nitrogens with two attached hydrogens (primary N) is 2. The lowest BCUT2D eigenvalue weighted by Crippen LogP contribution is -2.32. The van der Waals surface area contributed by atoms with Crippen molar-refractivity contribution in [3.8, 4) is 0 Å². The van der Waals surface area contributed by atoms with Gasteiger partial charge in [0.25, 0.3) is 0 Å². The van der Waals surface area contributed by atoms with E-state index in [1.807, 2.05) is 11.8 Å². The zero-order valence-corrected chi connectivity index (χ0v) is 10.1. The van der Waals surface area contributed by atoms with Crippen LogP contribution in [0.2, 0.25) is 0 Å². The first kappa shape index (κ1) is 13.3. The molecule has 0 aromatic carbocycles.